The number of nitrogens with zero attached hydrogens (tertiary/aromatic N) is 4. The average molecular weight is 377 g/mol. The first-order valence-electron chi connectivity index (χ1n) is 9.55. The third-order valence-corrected chi connectivity index (χ3v) is 4.77. The predicted molar refractivity (Wildman–Crippen MR) is 98.9 cm³/mol. The van der Waals surface area contributed by atoms with Gasteiger partial charge in [-0.05, 0) is 6.42 Å². The molecule has 9 nitrogen and oxygen atoms in total. The smallest absolute Gasteiger partial charge is 0.225 e. The van der Waals surface area contributed by atoms with Gasteiger partial charge in [-0.2, -0.15) is 0 Å². The summed E-state index contributed by atoms with van der Waals surface area (Å²) in [7, 11) is 0. The van der Waals surface area contributed by atoms with Crippen LogP contribution in [0.15, 0.2) is 12.7 Å². The van der Waals surface area contributed by atoms with Crippen molar-refractivity contribution in [3.63, 3.8) is 0 Å². The lowest BCUT2D eigenvalue weighted by Gasteiger charge is -2.16. The Morgan fingerprint density at radius 2 is 2.11 bits per heavy atom. The SMILES string of the molecule is CCCCCCCC(=O)Nc1ncnc2c1ncn2[C@@H]1O[C@H](CO)C[C@H]1O. The van der Waals surface area contributed by atoms with Crippen molar-refractivity contribution in [2.24, 2.45) is 0 Å². The standard InChI is InChI=1S/C18H27N5O4/c1-2-3-4-5-6-7-14(26)22-16-15-17(20-10-19-16)23(11-21-15)18-13(25)8-12(9-24)27-18/h10-13,18,24-25H,2-9H2,1H3,(H,19,20,22,26)/t12-,13+,18+/m0/s1. The van der Waals surface area contributed by atoms with Crippen LogP contribution in [0.2, 0.25) is 0 Å². The molecule has 148 valence electrons. The second-order valence-corrected chi connectivity index (χ2v) is 6.89. The van der Waals surface area contributed by atoms with E-state index in [2.05, 4.69) is 27.2 Å². The number of rotatable bonds is 9. The number of hydrogen-bond acceptors (Lipinski definition) is 7. The van der Waals surface area contributed by atoms with Gasteiger partial charge in [0.05, 0.1) is 19.0 Å². The Morgan fingerprint density at radius 3 is 2.85 bits per heavy atom. The van der Waals surface area contributed by atoms with Crippen LogP contribution >= 0.6 is 0 Å². The molecule has 3 rings (SSSR count). The number of aliphatic hydroxyl groups is 2. The highest BCUT2D eigenvalue weighted by molar-refractivity contribution is 5.96. The molecule has 3 heterocycles. The minimum atomic E-state index is -0.768. The molecule has 1 aliphatic rings. The molecular weight excluding hydrogens is 350 g/mol. The highest BCUT2D eigenvalue weighted by atomic mass is 16.5. The van der Waals surface area contributed by atoms with Gasteiger partial charge < -0.3 is 20.3 Å². The Balaban J connectivity index is 1.68. The van der Waals surface area contributed by atoms with Crippen LogP contribution in [-0.4, -0.2) is 54.5 Å². The summed E-state index contributed by atoms with van der Waals surface area (Å²) < 4.78 is 7.27. The molecule has 0 bridgehead atoms. The van der Waals surface area contributed by atoms with Gasteiger partial charge in [0.2, 0.25) is 5.91 Å². The quantitative estimate of drug-likeness (QED) is 0.569. The van der Waals surface area contributed by atoms with Gasteiger partial charge in [-0.25, -0.2) is 15.0 Å². The predicted octanol–water partition coefficient (Wildman–Crippen LogP) is 1.77. The summed E-state index contributed by atoms with van der Waals surface area (Å²) in [5.74, 6) is 0.252. The minimum Gasteiger partial charge on any atom is -0.394 e. The summed E-state index contributed by atoms with van der Waals surface area (Å²) in [6.07, 6.45) is 7.17. The molecule has 27 heavy (non-hydrogen) atoms. The Morgan fingerprint density at radius 1 is 1.30 bits per heavy atom. The van der Waals surface area contributed by atoms with Crippen molar-refractivity contribution in [3.05, 3.63) is 12.7 Å². The topological polar surface area (TPSA) is 122 Å². The van der Waals surface area contributed by atoms with E-state index in [0.717, 1.165) is 19.3 Å². The van der Waals surface area contributed by atoms with Crippen LogP contribution in [0.25, 0.3) is 11.2 Å². The van der Waals surface area contributed by atoms with Crippen molar-refractivity contribution in [2.75, 3.05) is 11.9 Å². The van der Waals surface area contributed by atoms with Crippen molar-refractivity contribution in [1.82, 2.24) is 19.5 Å². The molecule has 0 radical (unpaired) electrons. The van der Waals surface area contributed by atoms with Crippen LogP contribution in [-0.2, 0) is 9.53 Å². The van der Waals surface area contributed by atoms with Gasteiger partial charge in [0.25, 0.3) is 0 Å². The Hall–Kier alpha value is -2.10. The maximum absolute atomic E-state index is 12.2. The largest absolute Gasteiger partial charge is 0.394 e. The maximum atomic E-state index is 12.2. The second kappa shape index (κ2) is 9.20. The number of fused-ring (bicyclic) bond motifs is 1. The Kier molecular flexibility index (Phi) is 6.70. The zero-order valence-electron chi connectivity index (χ0n) is 15.5. The first-order valence-corrected chi connectivity index (χ1v) is 9.55. The number of aromatic nitrogens is 4. The fraction of sp³-hybridized carbons (Fsp3) is 0.667. The summed E-state index contributed by atoms with van der Waals surface area (Å²) in [6.45, 7) is 2.00. The van der Waals surface area contributed by atoms with Crippen LogP contribution in [0.3, 0.4) is 0 Å². The van der Waals surface area contributed by atoms with Gasteiger partial charge >= 0.3 is 0 Å². The molecule has 3 atom stereocenters. The van der Waals surface area contributed by atoms with Crippen molar-refractivity contribution in [3.8, 4) is 0 Å². The van der Waals surface area contributed by atoms with E-state index in [1.807, 2.05) is 0 Å². The van der Waals surface area contributed by atoms with Crippen LogP contribution in [0.1, 0.15) is 58.1 Å². The van der Waals surface area contributed by atoms with Crippen molar-refractivity contribution in [2.45, 2.75) is 70.3 Å². The van der Waals surface area contributed by atoms with Gasteiger partial charge in [0.1, 0.15) is 12.4 Å². The number of anilines is 1. The van der Waals surface area contributed by atoms with E-state index < -0.39 is 18.4 Å². The third-order valence-electron chi connectivity index (χ3n) is 4.77. The van der Waals surface area contributed by atoms with Crippen molar-refractivity contribution < 1.29 is 19.7 Å². The fourth-order valence-electron chi connectivity index (χ4n) is 3.31. The average Bonchev–Trinajstić information content (AvgIpc) is 3.25. The molecule has 3 N–H and O–H groups in total. The fourth-order valence-corrected chi connectivity index (χ4v) is 3.31. The molecule has 0 saturated carbocycles. The van der Waals surface area contributed by atoms with Gasteiger partial charge in [0, 0.05) is 12.8 Å². The zero-order chi connectivity index (χ0) is 19.2. The maximum Gasteiger partial charge on any atom is 0.225 e. The highest BCUT2D eigenvalue weighted by Gasteiger charge is 2.36. The van der Waals surface area contributed by atoms with Gasteiger partial charge in [0.15, 0.2) is 23.2 Å². The van der Waals surface area contributed by atoms with E-state index in [-0.39, 0.29) is 12.5 Å². The zero-order valence-corrected chi connectivity index (χ0v) is 15.5. The molecule has 1 fully saturated rings. The molecule has 1 amide bonds. The number of carbonyl (C=O) groups is 1. The van der Waals surface area contributed by atoms with Crippen LogP contribution in [0, 0.1) is 0 Å². The number of unbranched alkanes of at least 4 members (excludes halogenated alkanes) is 4. The number of hydrogen-bond donors (Lipinski definition) is 3. The Bertz CT molecular complexity index is 765. The molecule has 2 aromatic heterocycles. The number of amides is 1. The van der Waals surface area contributed by atoms with Gasteiger partial charge in [-0.15, -0.1) is 0 Å². The number of imidazole rings is 1. The molecule has 0 unspecified atom stereocenters. The van der Waals surface area contributed by atoms with E-state index in [0.29, 0.717) is 29.8 Å². The van der Waals surface area contributed by atoms with E-state index >= 15 is 0 Å². The highest BCUT2D eigenvalue weighted by Crippen LogP contribution is 2.31. The number of nitrogens with one attached hydrogen (secondary N) is 1. The molecular formula is C18H27N5O4. The summed E-state index contributed by atoms with van der Waals surface area (Å²) in [4.78, 5) is 24.8. The van der Waals surface area contributed by atoms with Crippen LogP contribution in [0.5, 0.6) is 0 Å². The first-order chi connectivity index (χ1) is 13.1. The summed E-state index contributed by atoms with van der Waals surface area (Å²) in [5, 5.41) is 22.2. The summed E-state index contributed by atoms with van der Waals surface area (Å²) in [5.41, 5.74) is 0.908. The second-order valence-electron chi connectivity index (χ2n) is 6.89. The molecule has 1 saturated heterocycles. The summed E-state index contributed by atoms with van der Waals surface area (Å²) in [6, 6.07) is 0. The molecule has 1 aliphatic heterocycles. The van der Waals surface area contributed by atoms with Crippen molar-refractivity contribution >= 4 is 22.9 Å². The van der Waals surface area contributed by atoms with Gasteiger partial charge in [-0.3, -0.25) is 9.36 Å². The van der Waals surface area contributed by atoms with E-state index in [4.69, 9.17) is 4.74 Å². The third kappa shape index (κ3) is 4.60. The normalized spacial score (nSPS) is 22.4. The number of ether oxygens (including phenoxy) is 1. The summed E-state index contributed by atoms with van der Waals surface area (Å²) >= 11 is 0. The molecule has 0 spiro atoms. The molecule has 0 aliphatic carbocycles. The lowest BCUT2D eigenvalue weighted by atomic mass is 10.1. The minimum absolute atomic E-state index is 0.0986. The Labute approximate surface area is 157 Å². The van der Waals surface area contributed by atoms with Crippen LogP contribution < -0.4 is 5.32 Å². The number of carbonyl (C=O) groups excluding carboxylic acids is 1. The number of aliphatic hydroxyl groups excluding tert-OH is 2. The lowest BCUT2D eigenvalue weighted by Crippen LogP contribution is -2.19. The first kappa shape index (κ1) is 19.7. The van der Waals surface area contributed by atoms with Crippen molar-refractivity contribution in [1.29, 1.82) is 0 Å². The van der Waals surface area contributed by atoms with Gasteiger partial charge in [-0.1, -0.05) is 32.6 Å². The lowest BCUT2D eigenvalue weighted by molar-refractivity contribution is -0.116. The van der Waals surface area contributed by atoms with E-state index in [9.17, 15) is 15.0 Å². The van der Waals surface area contributed by atoms with Crippen LogP contribution in [0.4, 0.5) is 5.82 Å². The molecule has 2 aromatic rings. The molecule has 9 heteroatoms. The van der Waals surface area contributed by atoms with E-state index in [1.165, 1.54) is 25.5 Å². The van der Waals surface area contributed by atoms with E-state index in [1.54, 1.807) is 4.57 Å². The molecule has 0 aromatic carbocycles. The monoisotopic (exact) mass is 377 g/mol.